The van der Waals surface area contributed by atoms with E-state index >= 15 is 19.8 Å². The Balaban J connectivity index is 7.59. The molecule has 0 bridgehead atoms. The standard InChI is InChI=1S/C63H126N2O4/c1-7-13-19-25-31-37-43-49-55-64(56-50-44-38-32-26-20-14-8-2,57-51-45-39-33-27-21-15-9-3)63(61(66)67,62(68)69)65(58-52-46-40-34-28-22-16-10-4,59-53-47-41-35-29-23-17-11-5)60-54-48-42-36-30-24-18-12-6/h7-60H2,1-6H3. The second kappa shape index (κ2) is 49.1. The average Bonchev–Trinajstić information content (AvgIpc) is 3.33. The molecule has 0 saturated carbocycles. The first kappa shape index (κ1) is 67.9. The lowest BCUT2D eigenvalue weighted by Crippen LogP contribution is -2.90. The lowest BCUT2D eigenvalue weighted by atomic mass is 9.91. The van der Waals surface area contributed by atoms with E-state index in [0.29, 0.717) is 39.3 Å². The van der Waals surface area contributed by atoms with E-state index in [1.807, 2.05) is 0 Å². The highest BCUT2D eigenvalue weighted by molar-refractivity contribution is 5.97. The van der Waals surface area contributed by atoms with Crippen LogP contribution in [0.4, 0.5) is 0 Å². The number of rotatable bonds is 58. The highest BCUT2D eigenvalue weighted by Gasteiger charge is 2.66. The molecule has 0 fully saturated rings. The molecule has 0 spiro atoms. The van der Waals surface area contributed by atoms with Gasteiger partial charge in [0.05, 0.1) is 39.3 Å². The first-order valence-corrected chi connectivity index (χ1v) is 31.9. The van der Waals surface area contributed by atoms with E-state index in [-0.39, 0.29) is 8.97 Å². The van der Waals surface area contributed by atoms with Gasteiger partial charge in [-0.25, -0.2) is 0 Å². The maximum Gasteiger partial charge on any atom is 0.308 e. The van der Waals surface area contributed by atoms with Crippen LogP contribution in [0.15, 0.2) is 0 Å². The summed E-state index contributed by atoms with van der Waals surface area (Å²) in [4.78, 5) is 30.0. The molecule has 412 valence electrons. The number of carbonyl (C=O) groups is 2. The zero-order valence-electron chi connectivity index (χ0n) is 48.2. The predicted molar refractivity (Wildman–Crippen MR) is 298 cm³/mol. The fraction of sp³-hybridized carbons (Fsp3) is 0.968. The summed E-state index contributed by atoms with van der Waals surface area (Å²) in [6.07, 6.45) is 55.8. The summed E-state index contributed by atoms with van der Waals surface area (Å²) in [5, 5.41) is 30.0. The number of carboxylic acid groups (broad SMARTS) is 2. The average molecular weight is 976 g/mol. The highest BCUT2D eigenvalue weighted by Crippen LogP contribution is 2.40. The first-order valence-electron chi connectivity index (χ1n) is 31.9. The Kier molecular flexibility index (Phi) is 48.3. The van der Waals surface area contributed by atoms with Crippen molar-refractivity contribution in [2.24, 2.45) is 0 Å². The van der Waals surface area contributed by atoms with Gasteiger partial charge in [-0.05, 0) is 77.0 Å². The SMILES string of the molecule is CCCCCCCCCC[N+](CCCCCCCCCC)(CCCCCCCCCC)C(C(=O)[O-])(C(=O)[O-])[N+](CCCCCCCCCC)(CCCCCCCCCC)CCCCCCCCCC. The van der Waals surface area contributed by atoms with Crippen molar-refractivity contribution in [2.45, 2.75) is 355 Å². The normalized spacial score (nSPS) is 12.4. The van der Waals surface area contributed by atoms with E-state index in [1.165, 1.54) is 193 Å². The molecule has 6 heteroatoms. The van der Waals surface area contributed by atoms with Crippen LogP contribution in [0.2, 0.25) is 0 Å². The van der Waals surface area contributed by atoms with Gasteiger partial charge < -0.3 is 19.8 Å². The number of unbranched alkanes of at least 4 members (excludes halogenated alkanes) is 42. The Morgan fingerprint density at radius 1 is 0.232 bits per heavy atom. The molecule has 0 atom stereocenters. The third-order valence-corrected chi connectivity index (χ3v) is 16.6. The molecule has 0 saturated heterocycles. The molecule has 0 aliphatic heterocycles. The van der Waals surface area contributed by atoms with Crippen molar-refractivity contribution in [3.63, 3.8) is 0 Å². The summed E-state index contributed by atoms with van der Waals surface area (Å²) >= 11 is 0. The highest BCUT2D eigenvalue weighted by atomic mass is 16.4. The maximum absolute atomic E-state index is 15.0. The zero-order valence-corrected chi connectivity index (χ0v) is 48.2. The van der Waals surface area contributed by atoms with Gasteiger partial charge >= 0.3 is 5.66 Å². The molecule has 0 aromatic heterocycles. The lowest BCUT2D eigenvalue weighted by Gasteiger charge is -2.62. The summed E-state index contributed by atoms with van der Waals surface area (Å²) in [5.41, 5.74) is -2.13. The molecule has 0 aromatic carbocycles. The van der Waals surface area contributed by atoms with Crippen molar-refractivity contribution in [1.82, 2.24) is 0 Å². The zero-order chi connectivity index (χ0) is 50.8. The van der Waals surface area contributed by atoms with Crippen molar-refractivity contribution in [3.8, 4) is 0 Å². The molecule has 0 radical (unpaired) electrons. The molecular weight excluding hydrogens is 849 g/mol. The minimum atomic E-state index is -2.13. The van der Waals surface area contributed by atoms with E-state index in [9.17, 15) is 0 Å². The fourth-order valence-electron chi connectivity index (χ4n) is 12.2. The van der Waals surface area contributed by atoms with Crippen molar-refractivity contribution in [3.05, 3.63) is 0 Å². The molecule has 0 aliphatic carbocycles. The summed E-state index contributed by atoms with van der Waals surface area (Å²) in [6.45, 7) is 17.3. The largest absolute Gasteiger partial charge is 0.539 e. The van der Waals surface area contributed by atoms with E-state index in [0.717, 1.165) is 116 Å². The Morgan fingerprint density at radius 3 is 0.464 bits per heavy atom. The van der Waals surface area contributed by atoms with Gasteiger partial charge in [0.1, 0.15) is 0 Å². The number of nitrogens with zero attached hydrogens (tertiary/aromatic N) is 2. The van der Waals surface area contributed by atoms with Crippen molar-refractivity contribution in [1.29, 1.82) is 0 Å². The number of hydrogen-bond donors (Lipinski definition) is 0. The molecule has 0 rings (SSSR count). The fourth-order valence-corrected chi connectivity index (χ4v) is 12.2. The monoisotopic (exact) mass is 975 g/mol. The molecule has 0 aliphatic rings. The summed E-state index contributed by atoms with van der Waals surface area (Å²) in [6, 6.07) is 0. The van der Waals surface area contributed by atoms with Crippen molar-refractivity contribution < 1.29 is 28.8 Å². The summed E-state index contributed by atoms with van der Waals surface area (Å²) in [7, 11) is 0. The van der Waals surface area contributed by atoms with Gasteiger partial charge in [-0.3, -0.25) is 8.97 Å². The van der Waals surface area contributed by atoms with Crippen LogP contribution in [0.1, 0.15) is 350 Å². The molecule has 6 nitrogen and oxygen atoms in total. The Bertz CT molecular complexity index is 910. The smallest absolute Gasteiger partial charge is 0.308 e. The molecule has 0 unspecified atom stereocenters. The third-order valence-electron chi connectivity index (χ3n) is 16.6. The number of carbonyl (C=O) groups excluding carboxylic acids is 2. The van der Waals surface area contributed by atoms with Gasteiger partial charge in [0.15, 0.2) is 11.9 Å². The van der Waals surface area contributed by atoms with Crippen molar-refractivity contribution >= 4 is 11.9 Å². The number of quaternary nitrogens is 2. The van der Waals surface area contributed by atoms with Crippen LogP contribution in [0.3, 0.4) is 0 Å². The third kappa shape index (κ3) is 31.3. The van der Waals surface area contributed by atoms with Crippen LogP contribution < -0.4 is 10.2 Å². The van der Waals surface area contributed by atoms with E-state index in [2.05, 4.69) is 41.5 Å². The second-order valence-corrected chi connectivity index (χ2v) is 22.7. The van der Waals surface area contributed by atoms with Gasteiger partial charge in [0, 0.05) is 0 Å². The van der Waals surface area contributed by atoms with Gasteiger partial charge in [-0.1, -0.05) is 273 Å². The van der Waals surface area contributed by atoms with Crippen LogP contribution in [-0.2, 0) is 9.59 Å². The van der Waals surface area contributed by atoms with E-state index < -0.39 is 17.6 Å². The van der Waals surface area contributed by atoms with Crippen LogP contribution >= 0.6 is 0 Å². The summed E-state index contributed by atoms with van der Waals surface area (Å²) < 4.78 is 0.258. The van der Waals surface area contributed by atoms with Crippen LogP contribution in [-0.4, -0.2) is 65.8 Å². The van der Waals surface area contributed by atoms with Crippen LogP contribution in [0, 0.1) is 0 Å². The Labute approximate surface area is 433 Å². The summed E-state index contributed by atoms with van der Waals surface area (Å²) in [5.74, 6) is -2.67. The van der Waals surface area contributed by atoms with Gasteiger partial charge in [-0.2, -0.15) is 0 Å². The van der Waals surface area contributed by atoms with E-state index in [1.54, 1.807) is 0 Å². The number of carboxylic acids is 2. The minimum absolute atomic E-state index is 0.129. The molecular formula is C63H126N2O4. The van der Waals surface area contributed by atoms with Crippen LogP contribution in [0.25, 0.3) is 0 Å². The first-order chi connectivity index (χ1) is 33.8. The van der Waals surface area contributed by atoms with Gasteiger partial charge in [0.2, 0.25) is 0 Å². The van der Waals surface area contributed by atoms with Gasteiger partial charge in [-0.15, -0.1) is 0 Å². The van der Waals surface area contributed by atoms with Gasteiger partial charge in [0.25, 0.3) is 0 Å². The lowest BCUT2D eigenvalue weighted by molar-refractivity contribution is -1.15. The molecule has 0 heterocycles. The maximum atomic E-state index is 15.0. The molecule has 0 aromatic rings. The Morgan fingerprint density at radius 2 is 0.348 bits per heavy atom. The van der Waals surface area contributed by atoms with Crippen LogP contribution in [0.5, 0.6) is 0 Å². The quantitative estimate of drug-likeness (QED) is 0.0263. The second-order valence-electron chi connectivity index (χ2n) is 22.7. The number of aliphatic carboxylic acids is 2. The molecule has 0 N–H and O–H groups in total. The predicted octanol–water partition coefficient (Wildman–Crippen LogP) is 17.7. The molecule has 0 amide bonds. The van der Waals surface area contributed by atoms with Crippen molar-refractivity contribution in [2.75, 3.05) is 39.3 Å². The molecule has 69 heavy (non-hydrogen) atoms. The van der Waals surface area contributed by atoms with E-state index in [4.69, 9.17) is 0 Å². The Hall–Kier alpha value is -1.14. The number of hydrogen-bond acceptors (Lipinski definition) is 4. The minimum Gasteiger partial charge on any atom is -0.539 e. The topological polar surface area (TPSA) is 80.3 Å².